The lowest BCUT2D eigenvalue weighted by Crippen LogP contribution is -2.33. The number of aryl methyl sites for hydroxylation is 1. The first-order valence-electron chi connectivity index (χ1n) is 12.0. The highest BCUT2D eigenvalue weighted by molar-refractivity contribution is 7.88. The average molecular weight is 592 g/mol. The molecule has 0 aliphatic heterocycles. The standard InChI is InChI=1S/C25H32F3N3O8S/c1-9-31(10-2)23(33)38-19-15(11-12-17(36-7)20(19)37-8)16-13-14(3)29-21(39-40(34,35)25(26,27)28)18(16)30-22(32)24(4,5)6/h11-13H,9-10H2,1-8H3,(H,30,32). The molecule has 1 N–H and O–H groups in total. The quantitative estimate of drug-likeness (QED) is 0.311. The Hall–Kier alpha value is -3.75. The van der Waals surface area contributed by atoms with E-state index in [1.807, 2.05) is 0 Å². The number of amides is 2. The van der Waals surface area contributed by atoms with Crippen molar-refractivity contribution < 1.29 is 49.6 Å². The lowest BCUT2D eigenvalue weighted by Gasteiger charge is -2.24. The third-order valence-corrected chi connectivity index (χ3v) is 6.45. The van der Waals surface area contributed by atoms with Gasteiger partial charge in [0.05, 0.1) is 14.2 Å². The monoisotopic (exact) mass is 591 g/mol. The van der Waals surface area contributed by atoms with Gasteiger partial charge in [0.25, 0.3) is 5.88 Å². The Bertz CT molecular complexity index is 1370. The summed E-state index contributed by atoms with van der Waals surface area (Å²) in [5.74, 6) is -1.85. The first kappa shape index (κ1) is 32.5. The summed E-state index contributed by atoms with van der Waals surface area (Å²) < 4.78 is 84.4. The van der Waals surface area contributed by atoms with Crippen molar-refractivity contribution in [2.24, 2.45) is 5.41 Å². The predicted octanol–water partition coefficient (Wildman–Crippen LogP) is 5.13. The maximum absolute atomic E-state index is 13.2. The van der Waals surface area contributed by atoms with Gasteiger partial charge < -0.3 is 28.6 Å². The van der Waals surface area contributed by atoms with Gasteiger partial charge in [0.15, 0.2) is 11.5 Å². The SMILES string of the molecule is CCN(CC)C(=O)Oc1c(-c2cc(C)nc(OS(=O)(=O)C(F)(F)F)c2NC(=O)C(C)(C)C)ccc(OC)c1OC. The minimum absolute atomic E-state index is 0.0203. The number of anilines is 1. The number of nitrogens with one attached hydrogen (secondary N) is 1. The molecule has 2 aromatic rings. The molecule has 2 rings (SSSR count). The van der Waals surface area contributed by atoms with Crippen LogP contribution in [0.3, 0.4) is 0 Å². The van der Waals surface area contributed by atoms with Crippen molar-refractivity contribution in [2.45, 2.75) is 47.1 Å². The van der Waals surface area contributed by atoms with Gasteiger partial charge in [-0.05, 0) is 39.0 Å². The Morgan fingerprint density at radius 3 is 2.08 bits per heavy atom. The van der Waals surface area contributed by atoms with Crippen molar-refractivity contribution in [3.63, 3.8) is 0 Å². The molecule has 11 nitrogen and oxygen atoms in total. The van der Waals surface area contributed by atoms with Crippen LogP contribution in [0.5, 0.6) is 23.1 Å². The minimum Gasteiger partial charge on any atom is -0.493 e. The van der Waals surface area contributed by atoms with Crippen LogP contribution in [0.4, 0.5) is 23.7 Å². The number of halogens is 3. The molecule has 40 heavy (non-hydrogen) atoms. The molecule has 0 radical (unpaired) electrons. The van der Waals surface area contributed by atoms with Crippen molar-refractivity contribution in [1.29, 1.82) is 0 Å². The van der Waals surface area contributed by atoms with Crippen LogP contribution in [0.2, 0.25) is 0 Å². The van der Waals surface area contributed by atoms with E-state index >= 15 is 0 Å². The van der Waals surface area contributed by atoms with Crippen LogP contribution in [0, 0.1) is 12.3 Å². The second kappa shape index (κ2) is 12.2. The lowest BCUT2D eigenvalue weighted by molar-refractivity contribution is -0.123. The molecule has 0 saturated heterocycles. The van der Waals surface area contributed by atoms with Crippen LogP contribution < -0.4 is 23.7 Å². The largest absolute Gasteiger partial charge is 0.534 e. The van der Waals surface area contributed by atoms with Crippen LogP contribution in [-0.2, 0) is 14.9 Å². The van der Waals surface area contributed by atoms with Crippen LogP contribution in [0.1, 0.15) is 40.3 Å². The number of nitrogens with zero attached hydrogens (tertiary/aromatic N) is 2. The predicted molar refractivity (Wildman–Crippen MR) is 140 cm³/mol. The van der Waals surface area contributed by atoms with Crippen LogP contribution in [-0.4, -0.2) is 63.1 Å². The van der Waals surface area contributed by atoms with E-state index in [0.717, 1.165) is 0 Å². The number of pyridine rings is 1. The van der Waals surface area contributed by atoms with Gasteiger partial charge >= 0.3 is 21.7 Å². The molecule has 0 saturated carbocycles. The number of alkyl halides is 3. The Labute approximate surface area is 230 Å². The zero-order valence-electron chi connectivity index (χ0n) is 23.3. The summed E-state index contributed by atoms with van der Waals surface area (Å²) in [4.78, 5) is 31.1. The van der Waals surface area contributed by atoms with E-state index in [9.17, 15) is 31.2 Å². The summed E-state index contributed by atoms with van der Waals surface area (Å²) in [5.41, 5.74) is -7.38. The first-order valence-corrected chi connectivity index (χ1v) is 13.4. The molecule has 1 heterocycles. The van der Waals surface area contributed by atoms with Crippen molar-refractivity contribution in [3.05, 3.63) is 23.9 Å². The molecular formula is C25H32F3N3O8S. The van der Waals surface area contributed by atoms with Crippen molar-refractivity contribution in [2.75, 3.05) is 32.6 Å². The normalized spacial score (nSPS) is 12.0. The fraction of sp³-hybridized carbons (Fsp3) is 0.480. The second-order valence-corrected chi connectivity index (χ2v) is 10.9. The molecule has 0 atom stereocenters. The molecule has 1 aromatic heterocycles. The molecule has 2 amide bonds. The Morgan fingerprint density at radius 1 is 1.00 bits per heavy atom. The summed E-state index contributed by atoms with van der Waals surface area (Å²) in [6.45, 7) is 10.0. The van der Waals surface area contributed by atoms with E-state index in [2.05, 4.69) is 14.5 Å². The van der Waals surface area contributed by atoms with Crippen LogP contribution in [0.15, 0.2) is 18.2 Å². The van der Waals surface area contributed by atoms with Crippen molar-refractivity contribution >= 4 is 27.8 Å². The van der Waals surface area contributed by atoms with Gasteiger partial charge in [0.1, 0.15) is 5.69 Å². The molecule has 222 valence electrons. The number of carbonyl (C=O) groups excluding carboxylic acids is 2. The number of ether oxygens (including phenoxy) is 3. The topological polar surface area (TPSA) is 133 Å². The van der Waals surface area contributed by atoms with E-state index in [1.165, 1.54) is 65.0 Å². The molecule has 15 heteroatoms. The zero-order chi connectivity index (χ0) is 30.6. The van der Waals surface area contributed by atoms with Crippen molar-refractivity contribution in [1.82, 2.24) is 9.88 Å². The number of hydrogen-bond donors (Lipinski definition) is 1. The van der Waals surface area contributed by atoms with Gasteiger partial charge in [-0.25, -0.2) is 9.78 Å². The van der Waals surface area contributed by atoms with E-state index in [-0.39, 0.29) is 34.1 Å². The van der Waals surface area contributed by atoms with Crippen LogP contribution in [0.25, 0.3) is 11.1 Å². The summed E-state index contributed by atoms with van der Waals surface area (Å²) >= 11 is 0. The highest BCUT2D eigenvalue weighted by Gasteiger charge is 2.49. The zero-order valence-corrected chi connectivity index (χ0v) is 24.2. The average Bonchev–Trinajstić information content (AvgIpc) is 2.84. The fourth-order valence-electron chi connectivity index (χ4n) is 3.34. The summed E-state index contributed by atoms with van der Waals surface area (Å²) in [6.07, 6.45) is -0.778. The summed E-state index contributed by atoms with van der Waals surface area (Å²) in [5, 5.41) is 2.43. The third kappa shape index (κ3) is 7.06. The summed E-state index contributed by atoms with van der Waals surface area (Å²) in [7, 11) is -3.56. The van der Waals surface area contributed by atoms with E-state index in [4.69, 9.17) is 14.2 Å². The minimum atomic E-state index is -6.18. The van der Waals surface area contributed by atoms with Gasteiger partial charge in [-0.1, -0.05) is 20.8 Å². The molecule has 0 aliphatic rings. The number of aromatic nitrogens is 1. The van der Waals surface area contributed by atoms with Gasteiger partial charge in [0, 0.05) is 35.3 Å². The maximum atomic E-state index is 13.2. The molecule has 0 spiro atoms. The fourth-order valence-corrected chi connectivity index (χ4v) is 3.76. The molecule has 1 aromatic carbocycles. The highest BCUT2D eigenvalue weighted by Crippen LogP contribution is 2.48. The molecule has 0 fully saturated rings. The van der Waals surface area contributed by atoms with Gasteiger partial charge in [-0.15, -0.1) is 0 Å². The highest BCUT2D eigenvalue weighted by atomic mass is 32.2. The summed E-state index contributed by atoms with van der Waals surface area (Å²) in [6, 6.07) is 4.18. The van der Waals surface area contributed by atoms with Gasteiger partial charge in [-0.2, -0.15) is 21.6 Å². The van der Waals surface area contributed by atoms with Gasteiger partial charge in [0.2, 0.25) is 11.7 Å². The molecule has 0 aliphatic carbocycles. The van der Waals surface area contributed by atoms with E-state index in [0.29, 0.717) is 13.1 Å². The lowest BCUT2D eigenvalue weighted by atomic mass is 9.95. The molecule has 0 bridgehead atoms. The first-order chi connectivity index (χ1) is 18.4. The number of benzene rings is 1. The number of rotatable bonds is 9. The number of carbonyl (C=O) groups is 2. The Kier molecular flexibility index (Phi) is 9.89. The smallest absolute Gasteiger partial charge is 0.493 e. The second-order valence-electron chi connectivity index (χ2n) is 9.40. The Balaban J connectivity index is 2.98. The number of hydrogen-bond acceptors (Lipinski definition) is 9. The maximum Gasteiger partial charge on any atom is 0.534 e. The van der Waals surface area contributed by atoms with Crippen molar-refractivity contribution in [3.8, 4) is 34.3 Å². The molecule has 0 unspecified atom stereocenters. The number of methoxy groups -OCH3 is 2. The molecular weight excluding hydrogens is 559 g/mol. The van der Waals surface area contributed by atoms with Crippen LogP contribution >= 0.6 is 0 Å². The van der Waals surface area contributed by atoms with E-state index < -0.39 is 44.6 Å². The Morgan fingerprint density at radius 2 is 1.60 bits per heavy atom. The van der Waals surface area contributed by atoms with Gasteiger partial charge in [-0.3, -0.25) is 4.79 Å². The van der Waals surface area contributed by atoms with E-state index in [1.54, 1.807) is 13.8 Å². The third-order valence-electron chi connectivity index (χ3n) is 5.51.